The van der Waals surface area contributed by atoms with Crippen LogP contribution in [-0.2, 0) is 4.74 Å². The van der Waals surface area contributed by atoms with Gasteiger partial charge in [-0.15, -0.1) is 11.3 Å². The predicted octanol–water partition coefficient (Wildman–Crippen LogP) is 3.70. The van der Waals surface area contributed by atoms with Crippen molar-refractivity contribution in [2.24, 2.45) is 0 Å². The maximum atomic E-state index is 12.3. The van der Waals surface area contributed by atoms with Crippen LogP contribution in [0.5, 0.6) is 0 Å². The number of anilines is 1. The van der Waals surface area contributed by atoms with E-state index >= 15 is 0 Å². The number of carbonyl (C=O) groups excluding carboxylic acids is 2. The molecular weight excluding hydrogens is 346 g/mol. The van der Waals surface area contributed by atoms with Gasteiger partial charge >= 0.3 is 5.97 Å². The maximum Gasteiger partial charge on any atom is 0.357 e. The van der Waals surface area contributed by atoms with Crippen molar-refractivity contribution in [2.75, 3.05) is 11.9 Å². The molecule has 2 heterocycles. The van der Waals surface area contributed by atoms with Crippen LogP contribution in [0.15, 0.2) is 41.8 Å². The Morgan fingerprint density at radius 2 is 2.04 bits per heavy atom. The number of carbonyl (C=O) groups is 2. The lowest BCUT2D eigenvalue weighted by molar-refractivity contribution is 0.0520. The molecule has 0 aliphatic carbocycles. The fraction of sp³-hybridized carbons (Fsp3) is 0.125. The van der Waals surface area contributed by atoms with Gasteiger partial charge in [0.15, 0.2) is 10.8 Å². The topological polar surface area (TPSA) is 81.2 Å². The van der Waals surface area contributed by atoms with E-state index in [1.165, 1.54) is 11.3 Å². The van der Waals surface area contributed by atoms with E-state index in [1.807, 2.05) is 30.3 Å². The van der Waals surface area contributed by atoms with Crippen molar-refractivity contribution in [3.63, 3.8) is 0 Å². The highest BCUT2D eigenvalue weighted by Crippen LogP contribution is 2.23. The normalized spacial score (nSPS) is 10.4. The van der Waals surface area contributed by atoms with Crippen molar-refractivity contribution >= 4 is 39.9 Å². The van der Waals surface area contributed by atoms with E-state index in [1.54, 1.807) is 18.4 Å². The Morgan fingerprint density at radius 1 is 1.25 bits per heavy atom. The first-order valence-electron chi connectivity index (χ1n) is 7.13. The molecule has 0 aliphatic heterocycles. The van der Waals surface area contributed by atoms with Gasteiger partial charge in [0.05, 0.1) is 12.3 Å². The zero-order chi connectivity index (χ0) is 16.9. The Morgan fingerprint density at radius 3 is 2.79 bits per heavy atom. The molecule has 6 nitrogen and oxygen atoms in total. The number of rotatable bonds is 5. The van der Waals surface area contributed by atoms with Crippen LogP contribution in [0.4, 0.5) is 5.13 Å². The van der Waals surface area contributed by atoms with Gasteiger partial charge in [-0.25, -0.2) is 9.78 Å². The summed E-state index contributed by atoms with van der Waals surface area (Å²) in [6.45, 7) is 2.00. The standard InChI is InChI=1S/C16H13N3O3S2/c1-2-22-15(21)12-9-23-16(17-12)18-14(20)13-8-11(19-24-13)10-6-4-3-5-7-10/h3-9H,2H2,1H3,(H,17,18,20). The van der Waals surface area contributed by atoms with Crippen LogP contribution < -0.4 is 5.32 Å². The second kappa shape index (κ2) is 7.33. The van der Waals surface area contributed by atoms with Crippen LogP contribution in [0.3, 0.4) is 0 Å². The molecule has 2 aromatic heterocycles. The molecule has 0 spiro atoms. The van der Waals surface area contributed by atoms with Crippen LogP contribution in [0, 0.1) is 0 Å². The fourth-order valence-corrected chi connectivity index (χ4v) is 3.24. The molecule has 0 unspecified atom stereocenters. The van der Waals surface area contributed by atoms with Crippen molar-refractivity contribution < 1.29 is 14.3 Å². The minimum Gasteiger partial charge on any atom is -0.461 e. The summed E-state index contributed by atoms with van der Waals surface area (Å²) in [6.07, 6.45) is 0. The predicted molar refractivity (Wildman–Crippen MR) is 93.6 cm³/mol. The molecule has 0 saturated carbocycles. The van der Waals surface area contributed by atoms with Gasteiger partial charge in [-0.2, -0.15) is 4.37 Å². The lowest BCUT2D eigenvalue weighted by atomic mass is 10.1. The molecule has 3 aromatic rings. The first-order valence-corrected chi connectivity index (χ1v) is 8.79. The second-order valence-corrected chi connectivity index (χ2v) is 6.32. The number of nitrogens with zero attached hydrogens (tertiary/aromatic N) is 2. The van der Waals surface area contributed by atoms with Gasteiger partial charge in [-0.05, 0) is 24.5 Å². The first-order chi connectivity index (χ1) is 11.7. The fourth-order valence-electron chi connectivity index (χ4n) is 1.92. The minimum atomic E-state index is -0.501. The van der Waals surface area contributed by atoms with E-state index < -0.39 is 5.97 Å². The first kappa shape index (κ1) is 16.3. The number of hydrogen-bond donors (Lipinski definition) is 1. The summed E-state index contributed by atoms with van der Waals surface area (Å²) in [7, 11) is 0. The maximum absolute atomic E-state index is 12.3. The number of ether oxygens (including phenoxy) is 1. The molecule has 0 saturated heterocycles. The highest BCUT2D eigenvalue weighted by molar-refractivity contribution is 7.14. The largest absolute Gasteiger partial charge is 0.461 e. The smallest absolute Gasteiger partial charge is 0.357 e. The summed E-state index contributed by atoms with van der Waals surface area (Å²) in [6, 6.07) is 11.4. The SMILES string of the molecule is CCOC(=O)c1csc(NC(=O)c2cc(-c3ccccc3)ns2)n1. The van der Waals surface area contributed by atoms with Crippen LogP contribution in [0.1, 0.15) is 27.1 Å². The van der Waals surface area contributed by atoms with Crippen molar-refractivity contribution in [3.05, 3.63) is 52.3 Å². The summed E-state index contributed by atoms with van der Waals surface area (Å²) < 4.78 is 9.16. The van der Waals surface area contributed by atoms with E-state index in [2.05, 4.69) is 14.7 Å². The van der Waals surface area contributed by atoms with Gasteiger partial charge in [0.25, 0.3) is 5.91 Å². The summed E-state index contributed by atoms with van der Waals surface area (Å²) in [5.74, 6) is -0.808. The van der Waals surface area contributed by atoms with E-state index in [9.17, 15) is 9.59 Å². The molecule has 3 rings (SSSR count). The number of benzene rings is 1. The van der Waals surface area contributed by atoms with Gasteiger partial charge in [-0.1, -0.05) is 30.3 Å². The molecule has 24 heavy (non-hydrogen) atoms. The van der Waals surface area contributed by atoms with Gasteiger partial charge in [0, 0.05) is 10.9 Å². The molecule has 0 aliphatic rings. The number of thiazole rings is 1. The Balaban J connectivity index is 1.70. The number of aromatic nitrogens is 2. The van der Waals surface area contributed by atoms with Crippen LogP contribution in [0.25, 0.3) is 11.3 Å². The van der Waals surface area contributed by atoms with Crippen LogP contribution in [0.2, 0.25) is 0 Å². The molecule has 0 fully saturated rings. The Bertz CT molecular complexity index is 858. The van der Waals surface area contributed by atoms with E-state index in [0.717, 1.165) is 22.8 Å². The summed E-state index contributed by atoms with van der Waals surface area (Å²) >= 11 is 2.29. The molecule has 0 radical (unpaired) electrons. The summed E-state index contributed by atoms with van der Waals surface area (Å²) in [5, 5.41) is 4.57. The van der Waals surface area contributed by atoms with Crippen LogP contribution in [-0.4, -0.2) is 27.8 Å². The minimum absolute atomic E-state index is 0.187. The third-order valence-electron chi connectivity index (χ3n) is 3.01. The van der Waals surface area contributed by atoms with E-state index in [-0.39, 0.29) is 18.2 Å². The highest BCUT2D eigenvalue weighted by atomic mass is 32.1. The average molecular weight is 359 g/mol. The number of nitrogens with one attached hydrogen (secondary N) is 1. The Hall–Kier alpha value is -2.58. The molecule has 8 heteroatoms. The van der Waals surface area contributed by atoms with Crippen molar-refractivity contribution in [2.45, 2.75) is 6.92 Å². The number of amides is 1. The van der Waals surface area contributed by atoms with Gasteiger partial charge in [0.2, 0.25) is 0 Å². The monoisotopic (exact) mass is 359 g/mol. The van der Waals surface area contributed by atoms with E-state index in [4.69, 9.17) is 4.74 Å². The zero-order valence-electron chi connectivity index (χ0n) is 12.7. The molecule has 1 N–H and O–H groups in total. The Labute approximate surface area is 146 Å². The van der Waals surface area contributed by atoms with Crippen LogP contribution >= 0.6 is 22.9 Å². The third kappa shape index (κ3) is 3.66. The molecule has 122 valence electrons. The van der Waals surface area contributed by atoms with Gasteiger partial charge in [-0.3, -0.25) is 10.1 Å². The number of esters is 1. The average Bonchev–Trinajstić information content (AvgIpc) is 3.25. The summed E-state index contributed by atoms with van der Waals surface area (Å²) in [4.78, 5) is 28.4. The van der Waals surface area contributed by atoms with Crippen molar-refractivity contribution in [3.8, 4) is 11.3 Å². The highest BCUT2D eigenvalue weighted by Gasteiger charge is 2.16. The number of hydrogen-bond acceptors (Lipinski definition) is 7. The lowest BCUT2D eigenvalue weighted by Gasteiger charge is -1.98. The third-order valence-corrected chi connectivity index (χ3v) is 4.56. The molecule has 0 atom stereocenters. The molecule has 1 aromatic carbocycles. The quantitative estimate of drug-likeness (QED) is 0.703. The molecular formula is C16H13N3O3S2. The lowest BCUT2D eigenvalue weighted by Crippen LogP contribution is -2.11. The van der Waals surface area contributed by atoms with Gasteiger partial charge in [0.1, 0.15) is 4.88 Å². The van der Waals surface area contributed by atoms with Crippen molar-refractivity contribution in [1.29, 1.82) is 0 Å². The van der Waals surface area contributed by atoms with Gasteiger partial charge < -0.3 is 4.74 Å². The summed E-state index contributed by atoms with van der Waals surface area (Å²) in [5.41, 5.74) is 1.88. The zero-order valence-corrected chi connectivity index (χ0v) is 14.3. The van der Waals surface area contributed by atoms with Crippen molar-refractivity contribution in [1.82, 2.24) is 9.36 Å². The second-order valence-electron chi connectivity index (χ2n) is 4.65. The Kier molecular flexibility index (Phi) is 4.97. The molecule has 1 amide bonds. The molecule has 0 bridgehead atoms. The van der Waals surface area contributed by atoms with E-state index in [0.29, 0.717) is 10.0 Å².